The third-order valence-electron chi connectivity index (χ3n) is 3.68. The fraction of sp³-hybridized carbons (Fsp3) is 0.294. The van der Waals surface area contributed by atoms with E-state index >= 15 is 0 Å². The van der Waals surface area contributed by atoms with Gasteiger partial charge in [-0.05, 0) is 48.6 Å². The van der Waals surface area contributed by atoms with Crippen LogP contribution in [-0.2, 0) is 16.0 Å². The number of ether oxygens (including phenoxy) is 1. The van der Waals surface area contributed by atoms with Gasteiger partial charge in [0.25, 0.3) is 0 Å². The quantitative estimate of drug-likeness (QED) is 0.853. The predicted octanol–water partition coefficient (Wildman–Crippen LogP) is 3.25. The molecule has 2 aromatic rings. The molecule has 0 radical (unpaired) electrons. The summed E-state index contributed by atoms with van der Waals surface area (Å²) in [6.45, 7) is 4.07. The topological polar surface area (TPSA) is 65.2 Å². The Bertz CT molecular complexity index is 646. The molecule has 0 spiro atoms. The molecule has 0 aliphatic carbocycles. The van der Waals surface area contributed by atoms with Crippen molar-refractivity contribution in [2.75, 3.05) is 7.11 Å². The third-order valence-corrected chi connectivity index (χ3v) is 3.68. The van der Waals surface area contributed by atoms with Crippen molar-refractivity contribution in [3.63, 3.8) is 0 Å². The van der Waals surface area contributed by atoms with Crippen molar-refractivity contribution in [2.45, 2.75) is 26.3 Å². The monoisotopic (exact) mass is 356 g/mol. The number of hydrogen-bond donors (Lipinski definition) is 1. The van der Waals surface area contributed by atoms with Crippen molar-refractivity contribution in [1.29, 1.82) is 0 Å². The largest absolute Gasteiger partial charge is 0.468 e. The molecule has 6 heteroatoms. The fourth-order valence-corrected chi connectivity index (χ4v) is 2.26. The van der Waals surface area contributed by atoms with E-state index in [1.165, 1.54) is 18.2 Å². The number of hydrogen-bond acceptors (Lipinski definition) is 4. The van der Waals surface area contributed by atoms with Crippen LogP contribution in [0, 0.1) is 13.8 Å². The number of rotatable bonds is 4. The number of pyridine rings is 1. The van der Waals surface area contributed by atoms with Crippen LogP contribution in [-0.4, -0.2) is 24.1 Å². The zero-order valence-corrected chi connectivity index (χ0v) is 15.0. The molecule has 0 aliphatic heterocycles. The van der Waals surface area contributed by atoms with Crippen LogP contribution in [0.5, 0.6) is 0 Å². The Kier molecular flexibility index (Phi) is 8.83. The Morgan fingerprint density at radius 2 is 1.78 bits per heavy atom. The molecule has 23 heavy (non-hydrogen) atoms. The van der Waals surface area contributed by atoms with Crippen LogP contribution < -0.4 is 5.73 Å². The number of nitrogens with zero attached hydrogens (tertiary/aromatic N) is 1. The van der Waals surface area contributed by atoms with Crippen molar-refractivity contribution in [3.8, 4) is 11.1 Å². The van der Waals surface area contributed by atoms with Gasteiger partial charge in [0.15, 0.2) is 0 Å². The molecule has 2 N–H and O–H groups in total. The van der Waals surface area contributed by atoms with Gasteiger partial charge in [0.1, 0.15) is 6.04 Å². The molecular formula is C17H22Cl2N2O2. The summed E-state index contributed by atoms with van der Waals surface area (Å²) in [6, 6.07) is 9.46. The highest BCUT2D eigenvalue weighted by molar-refractivity contribution is 5.85. The smallest absolute Gasteiger partial charge is 0.322 e. The van der Waals surface area contributed by atoms with Crippen molar-refractivity contribution in [1.82, 2.24) is 4.98 Å². The van der Waals surface area contributed by atoms with Crippen LogP contribution in [0.25, 0.3) is 11.1 Å². The molecule has 1 heterocycles. The second kappa shape index (κ2) is 9.50. The van der Waals surface area contributed by atoms with E-state index in [4.69, 9.17) is 5.73 Å². The number of halogens is 2. The van der Waals surface area contributed by atoms with Gasteiger partial charge in [0.2, 0.25) is 0 Å². The Balaban J connectivity index is 0.00000242. The normalized spacial score (nSPS) is 11.0. The highest BCUT2D eigenvalue weighted by Crippen LogP contribution is 2.24. The van der Waals surface area contributed by atoms with Crippen LogP contribution in [0.2, 0.25) is 0 Å². The molecule has 1 aromatic carbocycles. The van der Waals surface area contributed by atoms with Gasteiger partial charge in [0, 0.05) is 11.9 Å². The lowest BCUT2D eigenvalue weighted by Gasteiger charge is -2.11. The van der Waals surface area contributed by atoms with E-state index in [0.29, 0.717) is 6.42 Å². The minimum absolute atomic E-state index is 0. The molecule has 0 aliphatic rings. The van der Waals surface area contributed by atoms with Crippen molar-refractivity contribution < 1.29 is 9.53 Å². The first kappa shape index (κ1) is 21.4. The summed E-state index contributed by atoms with van der Waals surface area (Å²) in [7, 11) is 1.35. The van der Waals surface area contributed by atoms with Crippen molar-refractivity contribution in [2.24, 2.45) is 5.73 Å². The number of esters is 1. The number of carbonyl (C=O) groups is 1. The van der Waals surface area contributed by atoms with Crippen LogP contribution in [0.3, 0.4) is 0 Å². The zero-order valence-electron chi connectivity index (χ0n) is 13.4. The minimum atomic E-state index is -0.620. The average molecular weight is 357 g/mol. The number of nitrogens with two attached hydrogens (primary N) is 1. The maximum atomic E-state index is 11.3. The molecular weight excluding hydrogens is 335 g/mol. The van der Waals surface area contributed by atoms with Crippen molar-refractivity contribution in [3.05, 3.63) is 53.3 Å². The standard InChI is InChI=1S/C17H20N2O2.2ClH/c1-11-12(2)19-9-8-15(11)14-6-4-13(5-7-14)10-16(18)17(20)21-3;;/h4-9,16H,10,18H2,1-3H3;2*1H. The lowest BCUT2D eigenvalue weighted by Crippen LogP contribution is -2.33. The Hall–Kier alpha value is -1.62. The molecule has 2 rings (SSSR count). The lowest BCUT2D eigenvalue weighted by molar-refractivity contribution is -0.142. The van der Waals surface area contributed by atoms with Crippen LogP contribution in [0.4, 0.5) is 0 Å². The Morgan fingerprint density at radius 3 is 2.35 bits per heavy atom. The molecule has 4 nitrogen and oxygen atoms in total. The first-order valence-electron chi connectivity index (χ1n) is 6.88. The molecule has 126 valence electrons. The summed E-state index contributed by atoms with van der Waals surface area (Å²) >= 11 is 0. The molecule has 0 saturated carbocycles. The van der Waals surface area contributed by atoms with Crippen LogP contribution >= 0.6 is 24.8 Å². The molecule has 1 unspecified atom stereocenters. The lowest BCUT2D eigenvalue weighted by atomic mass is 9.98. The third kappa shape index (κ3) is 5.20. The summed E-state index contributed by atoms with van der Waals surface area (Å²) in [5, 5.41) is 0. The average Bonchev–Trinajstić information content (AvgIpc) is 2.50. The molecule has 0 fully saturated rings. The first-order chi connectivity index (χ1) is 10.0. The maximum Gasteiger partial charge on any atom is 0.322 e. The van der Waals surface area contributed by atoms with E-state index in [-0.39, 0.29) is 30.8 Å². The van der Waals surface area contributed by atoms with E-state index in [9.17, 15) is 4.79 Å². The Morgan fingerprint density at radius 1 is 1.17 bits per heavy atom. The van der Waals surface area contributed by atoms with Gasteiger partial charge in [-0.15, -0.1) is 24.8 Å². The molecule has 0 saturated heterocycles. The van der Waals surface area contributed by atoms with Gasteiger partial charge in [-0.1, -0.05) is 24.3 Å². The van der Waals surface area contributed by atoms with Crippen LogP contribution in [0.15, 0.2) is 36.5 Å². The van der Waals surface area contributed by atoms with E-state index < -0.39 is 6.04 Å². The summed E-state index contributed by atoms with van der Waals surface area (Å²) in [5.74, 6) is -0.389. The van der Waals surface area contributed by atoms with Gasteiger partial charge in [-0.25, -0.2) is 0 Å². The molecule has 1 atom stereocenters. The van der Waals surface area contributed by atoms with Crippen LogP contribution in [0.1, 0.15) is 16.8 Å². The second-order valence-electron chi connectivity index (χ2n) is 5.10. The predicted molar refractivity (Wildman–Crippen MR) is 97.3 cm³/mol. The SMILES string of the molecule is COC(=O)C(N)Cc1ccc(-c2ccnc(C)c2C)cc1.Cl.Cl. The highest BCUT2D eigenvalue weighted by atomic mass is 35.5. The highest BCUT2D eigenvalue weighted by Gasteiger charge is 2.14. The molecule has 0 bridgehead atoms. The van der Waals surface area contributed by atoms with Crippen molar-refractivity contribution >= 4 is 30.8 Å². The van der Waals surface area contributed by atoms with Gasteiger partial charge in [-0.2, -0.15) is 0 Å². The van der Waals surface area contributed by atoms with Gasteiger partial charge in [0.05, 0.1) is 7.11 Å². The number of methoxy groups -OCH3 is 1. The molecule has 0 amide bonds. The number of benzene rings is 1. The summed E-state index contributed by atoms with van der Waals surface area (Å²) in [4.78, 5) is 15.6. The Labute approximate surface area is 149 Å². The van der Waals surface area contributed by atoms with E-state index in [2.05, 4.69) is 16.6 Å². The van der Waals surface area contributed by atoms with Gasteiger partial charge in [-0.3, -0.25) is 9.78 Å². The first-order valence-corrected chi connectivity index (χ1v) is 6.88. The summed E-state index contributed by atoms with van der Waals surface area (Å²) < 4.78 is 4.64. The van der Waals surface area contributed by atoms with Gasteiger partial charge >= 0.3 is 5.97 Å². The minimum Gasteiger partial charge on any atom is -0.468 e. The number of aromatic nitrogens is 1. The van der Waals surface area contributed by atoms with E-state index in [0.717, 1.165) is 16.8 Å². The molecule has 1 aromatic heterocycles. The van der Waals surface area contributed by atoms with E-state index in [1.54, 1.807) is 0 Å². The summed E-state index contributed by atoms with van der Waals surface area (Å²) in [5.41, 5.74) is 11.3. The maximum absolute atomic E-state index is 11.3. The van der Waals surface area contributed by atoms with E-state index in [1.807, 2.05) is 43.5 Å². The number of carbonyl (C=O) groups excluding carboxylic acids is 1. The van der Waals surface area contributed by atoms with Gasteiger partial charge < -0.3 is 10.5 Å². The number of aryl methyl sites for hydroxylation is 1. The zero-order chi connectivity index (χ0) is 15.4. The second-order valence-corrected chi connectivity index (χ2v) is 5.10. The summed E-state index contributed by atoms with van der Waals surface area (Å²) in [6.07, 6.45) is 2.29. The fourth-order valence-electron chi connectivity index (χ4n) is 2.26.